The monoisotopic (exact) mass is 477 g/mol. The first kappa shape index (κ1) is 27.1. The topological polar surface area (TPSA) is 190 Å². The summed E-state index contributed by atoms with van der Waals surface area (Å²) in [6.45, 7) is 4.26. The molecule has 12 heteroatoms. The molecule has 1 aliphatic heterocycles. The van der Waals surface area contributed by atoms with E-state index in [0.29, 0.717) is 6.42 Å². The maximum absolute atomic E-state index is 12.5. The smallest absolute Gasteiger partial charge is 0.338 e. The number of carbonyl (C=O) groups excluding carboxylic acids is 2. The largest absolute Gasteiger partial charge is 0.454 e. The van der Waals surface area contributed by atoms with Crippen LogP contribution in [0.5, 0.6) is 0 Å². The van der Waals surface area contributed by atoms with Gasteiger partial charge in [0, 0.05) is 13.5 Å². The van der Waals surface area contributed by atoms with Crippen molar-refractivity contribution < 1.29 is 34.0 Å². The van der Waals surface area contributed by atoms with Gasteiger partial charge in [0.25, 0.3) is 0 Å². The van der Waals surface area contributed by atoms with Gasteiger partial charge in [-0.15, -0.1) is 0 Å². The van der Waals surface area contributed by atoms with Gasteiger partial charge >= 0.3 is 5.97 Å². The number of aliphatic imine (C=N–C) groups is 1. The lowest BCUT2D eigenvalue weighted by Gasteiger charge is -2.27. The fourth-order valence-electron chi connectivity index (χ4n) is 3.33. The Balaban J connectivity index is 2.35. The van der Waals surface area contributed by atoms with Gasteiger partial charge in [-0.2, -0.15) is 5.26 Å². The van der Waals surface area contributed by atoms with Gasteiger partial charge in [0.05, 0.1) is 18.0 Å². The number of H-pyrrole nitrogens is 1. The summed E-state index contributed by atoms with van der Waals surface area (Å²) in [6, 6.07) is 4.84. The number of nitrogens with zero attached hydrogens (tertiary/aromatic N) is 2. The van der Waals surface area contributed by atoms with Crippen molar-refractivity contribution in [3.8, 4) is 6.07 Å². The number of amidine groups is 1. The molecule has 0 unspecified atom stereocenters. The highest BCUT2D eigenvalue weighted by Gasteiger charge is 2.59. The Labute approximate surface area is 197 Å². The van der Waals surface area contributed by atoms with Crippen LogP contribution in [0.4, 0.5) is 0 Å². The molecule has 34 heavy (non-hydrogen) atoms. The van der Waals surface area contributed by atoms with Crippen LogP contribution < -0.4 is 5.32 Å². The van der Waals surface area contributed by atoms with Gasteiger partial charge in [-0.1, -0.05) is 13.3 Å². The van der Waals surface area contributed by atoms with Crippen LogP contribution in [0.2, 0.25) is 0 Å². The van der Waals surface area contributed by atoms with Gasteiger partial charge in [0.15, 0.2) is 17.5 Å². The van der Waals surface area contributed by atoms with Crippen molar-refractivity contribution in [2.45, 2.75) is 69.5 Å². The van der Waals surface area contributed by atoms with E-state index in [4.69, 9.17) is 19.6 Å². The summed E-state index contributed by atoms with van der Waals surface area (Å²) < 4.78 is 16.2. The van der Waals surface area contributed by atoms with E-state index in [1.807, 2.05) is 13.0 Å². The van der Waals surface area contributed by atoms with E-state index in [1.165, 1.54) is 33.1 Å². The van der Waals surface area contributed by atoms with Gasteiger partial charge in [0.1, 0.15) is 24.6 Å². The Kier molecular flexibility index (Phi) is 9.06. The lowest BCUT2D eigenvalue weighted by atomic mass is 9.92. The summed E-state index contributed by atoms with van der Waals surface area (Å²) in [7, 11) is 1.32. The fraction of sp³-hybridized carbons (Fsp3) is 0.591. The standard InChI is InChI=1S/C22H31N5O7/c1-5-6-7-16(29)27-19(25-12-24)13-8-9-15(26-13)22(11-23)18(30)17(14(10-28)34-22)33-20(31)21(2,3)32-4/h8-9,12,14,17-18,26,28,30H,5-7,10H2,1-4H3,(H2,24,25,27,29)/t14-,17-,18-,22+/m1/s1. The predicted octanol–water partition coefficient (Wildman–Crippen LogP) is 0.482. The molecule has 0 radical (unpaired) electrons. The Morgan fingerprint density at radius 1 is 1.47 bits per heavy atom. The third kappa shape index (κ3) is 5.51. The zero-order valence-electron chi connectivity index (χ0n) is 19.6. The highest BCUT2D eigenvalue weighted by atomic mass is 16.6. The molecule has 2 heterocycles. The molecule has 1 amide bonds. The van der Waals surface area contributed by atoms with E-state index in [9.17, 15) is 25.1 Å². The van der Waals surface area contributed by atoms with Crippen LogP contribution in [0.15, 0.2) is 17.1 Å². The van der Waals surface area contributed by atoms with Crippen LogP contribution in [0, 0.1) is 16.7 Å². The molecule has 0 bridgehead atoms. The van der Waals surface area contributed by atoms with E-state index >= 15 is 0 Å². The first-order valence-corrected chi connectivity index (χ1v) is 10.8. The summed E-state index contributed by atoms with van der Waals surface area (Å²) >= 11 is 0. The molecular formula is C22H31N5O7. The van der Waals surface area contributed by atoms with Crippen LogP contribution in [0.25, 0.3) is 0 Å². The summed E-state index contributed by atoms with van der Waals surface area (Å²) in [6.07, 6.45) is -1.68. The van der Waals surface area contributed by atoms with E-state index in [0.717, 1.165) is 12.8 Å². The highest BCUT2D eigenvalue weighted by molar-refractivity contribution is 6.09. The lowest BCUT2D eigenvalue weighted by molar-refractivity contribution is -0.177. The van der Waals surface area contributed by atoms with Gasteiger partial charge in [0.2, 0.25) is 11.5 Å². The number of methoxy groups -OCH3 is 1. The zero-order valence-corrected chi connectivity index (χ0v) is 19.6. The minimum Gasteiger partial charge on any atom is -0.454 e. The number of esters is 1. The van der Waals surface area contributed by atoms with Gasteiger partial charge in [-0.25, -0.2) is 9.79 Å². The van der Waals surface area contributed by atoms with Crippen LogP contribution in [0.3, 0.4) is 0 Å². The number of amides is 1. The third-order valence-corrected chi connectivity index (χ3v) is 5.57. The maximum atomic E-state index is 12.5. The molecule has 186 valence electrons. The normalized spacial score (nSPS) is 25.0. The molecule has 1 aromatic rings. The maximum Gasteiger partial charge on any atom is 0.338 e. The number of hydrogen-bond acceptors (Lipinski definition) is 9. The number of rotatable bonds is 10. The van der Waals surface area contributed by atoms with Crippen molar-refractivity contribution in [1.29, 1.82) is 10.7 Å². The van der Waals surface area contributed by atoms with Crippen molar-refractivity contribution in [2.75, 3.05) is 13.7 Å². The fourth-order valence-corrected chi connectivity index (χ4v) is 3.33. The highest BCUT2D eigenvalue weighted by Crippen LogP contribution is 2.40. The third-order valence-electron chi connectivity index (χ3n) is 5.57. The van der Waals surface area contributed by atoms with Crippen molar-refractivity contribution in [2.24, 2.45) is 4.99 Å². The van der Waals surface area contributed by atoms with Gasteiger partial charge in [-0.05, 0) is 32.4 Å². The zero-order chi connectivity index (χ0) is 25.5. The Bertz CT molecular complexity index is 967. The number of unbranched alkanes of at least 4 members (excludes halogenated alkanes) is 1. The van der Waals surface area contributed by atoms with Crippen molar-refractivity contribution in [3.63, 3.8) is 0 Å². The molecular weight excluding hydrogens is 446 g/mol. The second-order valence-corrected chi connectivity index (χ2v) is 8.26. The summed E-state index contributed by atoms with van der Waals surface area (Å²) in [5.74, 6) is -1.05. The second kappa shape index (κ2) is 11.3. The molecule has 1 saturated heterocycles. The average molecular weight is 478 g/mol. The summed E-state index contributed by atoms with van der Waals surface area (Å²) in [5, 5.41) is 40.6. The van der Waals surface area contributed by atoms with E-state index in [2.05, 4.69) is 15.3 Å². The van der Waals surface area contributed by atoms with E-state index in [-0.39, 0.29) is 29.6 Å². The molecule has 1 aromatic heterocycles. The number of aliphatic hydroxyl groups is 2. The van der Waals surface area contributed by atoms with Crippen molar-refractivity contribution in [1.82, 2.24) is 10.3 Å². The Hall–Kier alpha value is -3.11. The number of aromatic amines is 1. The van der Waals surface area contributed by atoms with E-state index in [1.54, 1.807) is 0 Å². The van der Waals surface area contributed by atoms with Crippen LogP contribution >= 0.6 is 0 Å². The molecule has 1 aliphatic rings. The SMILES string of the molecule is CCCCC(=O)NC(=NC=N)c1ccc([C@]2(C#N)O[C@H](CO)[C@@H](OC(=O)C(C)(C)OC)[C@H]2O)[nH]1. The minimum atomic E-state index is -2.02. The number of aliphatic hydroxyl groups excluding tert-OH is 2. The molecule has 2 rings (SSSR count). The Morgan fingerprint density at radius 3 is 2.74 bits per heavy atom. The number of aromatic nitrogens is 1. The average Bonchev–Trinajstić information content (AvgIpc) is 3.41. The molecule has 5 N–H and O–H groups in total. The van der Waals surface area contributed by atoms with Crippen LogP contribution in [0.1, 0.15) is 51.4 Å². The molecule has 0 spiro atoms. The molecule has 0 aromatic carbocycles. The molecule has 12 nitrogen and oxygen atoms in total. The van der Waals surface area contributed by atoms with E-state index < -0.39 is 42.1 Å². The first-order chi connectivity index (χ1) is 16.1. The van der Waals surface area contributed by atoms with Gasteiger partial charge in [-0.3, -0.25) is 10.2 Å². The summed E-state index contributed by atoms with van der Waals surface area (Å²) in [4.78, 5) is 31.4. The van der Waals surface area contributed by atoms with Gasteiger partial charge < -0.3 is 34.7 Å². The molecule has 0 saturated carbocycles. The predicted molar refractivity (Wildman–Crippen MR) is 120 cm³/mol. The molecule has 0 aliphatic carbocycles. The minimum absolute atomic E-state index is 0.0476. The summed E-state index contributed by atoms with van der Waals surface area (Å²) in [5.41, 5.74) is -3.00. The number of hydrogen-bond donors (Lipinski definition) is 5. The number of carbonyl (C=O) groups is 2. The quantitative estimate of drug-likeness (QED) is 0.183. The Morgan fingerprint density at radius 2 is 2.18 bits per heavy atom. The number of nitriles is 1. The van der Waals surface area contributed by atoms with Crippen molar-refractivity contribution in [3.05, 3.63) is 23.5 Å². The molecule has 4 atom stereocenters. The van der Waals surface area contributed by atoms with Crippen LogP contribution in [-0.4, -0.2) is 76.9 Å². The molecule has 1 fully saturated rings. The van der Waals surface area contributed by atoms with Crippen LogP contribution in [-0.2, 0) is 29.4 Å². The first-order valence-electron chi connectivity index (χ1n) is 10.8. The second-order valence-electron chi connectivity index (χ2n) is 8.26. The number of nitrogens with one attached hydrogen (secondary N) is 3. The van der Waals surface area contributed by atoms with Crippen molar-refractivity contribution >= 4 is 24.1 Å². The number of ether oxygens (including phenoxy) is 3. The lowest BCUT2D eigenvalue weighted by Crippen LogP contribution is -2.46.